The second kappa shape index (κ2) is 7.37. The van der Waals surface area contributed by atoms with Gasteiger partial charge in [-0.1, -0.05) is 15.9 Å². The monoisotopic (exact) mass is 360 g/mol. The summed E-state index contributed by atoms with van der Waals surface area (Å²) >= 11 is 3.16. The van der Waals surface area contributed by atoms with E-state index >= 15 is 0 Å². The lowest BCUT2D eigenvalue weighted by Gasteiger charge is -2.15. The number of carbonyl (C=O) groups excluding carboxylic acids is 1. The SMILES string of the molecule is CC(O)c1cc(Br)cc([N+](=O)[O-])c1OCCC(=O)N(C)C. The molecule has 0 spiro atoms. The van der Waals surface area contributed by atoms with E-state index in [1.807, 2.05) is 0 Å². The molecule has 0 aliphatic carbocycles. The molecule has 1 amide bonds. The fourth-order valence-corrected chi connectivity index (χ4v) is 2.13. The summed E-state index contributed by atoms with van der Waals surface area (Å²) < 4.78 is 5.87. The highest BCUT2D eigenvalue weighted by Gasteiger charge is 2.23. The highest BCUT2D eigenvalue weighted by Crippen LogP contribution is 2.37. The maximum absolute atomic E-state index is 11.5. The number of nitrogens with zero attached hydrogens (tertiary/aromatic N) is 2. The Bertz CT molecular complexity index is 546. The largest absolute Gasteiger partial charge is 0.486 e. The number of amides is 1. The van der Waals surface area contributed by atoms with Crippen LogP contribution in [0, 0.1) is 10.1 Å². The summed E-state index contributed by atoms with van der Waals surface area (Å²) in [7, 11) is 3.23. The van der Waals surface area contributed by atoms with Gasteiger partial charge in [-0.2, -0.15) is 0 Å². The molecule has 8 heteroatoms. The molecule has 0 aliphatic rings. The molecule has 1 unspecified atom stereocenters. The van der Waals surface area contributed by atoms with Crippen molar-refractivity contribution < 1.29 is 19.6 Å². The highest BCUT2D eigenvalue weighted by molar-refractivity contribution is 9.10. The summed E-state index contributed by atoms with van der Waals surface area (Å²) in [5, 5.41) is 20.8. The normalized spacial score (nSPS) is 11.9. The molecule has 0 heterocycles. The van der Waals surface area contributed by atoms with Gasteiger partial charge in [-0.3, -0.25) is 14.9 Å². The number of rotatable bonds is 6. The van der Waals surface area contributed by atoms with E-state index in [1.54, 1.807) is 20.2 Å². The van der Waals surface area contributed by atoms with Crippen molar-refractivity contribution in [2.75, 3.05) is 20.7 Å². The van der Waals surface area contributed by atoms with Crippen LogP contribution in [0.4, 0.5) is 5.69 Å². The van der Waals surface area contributed by atoms with Gasteiger partial charge in [-0.15, -0.1) is 0 Å². The zero-order valence-electron chi connectivity index (χ0n) is 12.0. The summed E-state index contributed by atoms with van der Waals surface area (Å²) in [6.07, 6.45) is -0.833. The molecule has 1 aromatic carbocycles. The first-order chi connectivity index (χ1) is 9.73. The number of carbonyl (C=O) groups is 1. The number of aliphatic hydroxyl groups is 1. The molecule has 0 radical (unpaired) electrons. The fourth-order valence-electron chi connectivity index (χ4n) is 1.67. The van der Waals surface area contributed by atoms with E-state index in [4.69, 9.17) is 4.74 Å². The van der Waals surface area contributed by atoms with E-state index in [-0.39, 0.29) is 30.4 Å². The molecule has 0 saturated carbocycles. The molecule has 0 fully saturated rings. The van der Waals surface area contributed by atoms with E-state index in [0.717, 1.165) is 0 Å². The van der Waals surface area contributed by atoms with Crippen molar-refractivity contribution in [1.29, 1.82) is 0 Å². The van der Waals surface area contributed by atoms with Crippen LogP contribution in [0.25, 0.3) is 0 Å². The number of hydrogen-bond donors (Lipinski definition) is 1. The van der Waals surface area contributed by atoms with Crippen LogP contribution in [0.3, 0.4) is 0 Å². The predicted octanol–water partition coefficient (Wildman–Crippen LogP) is 2.27. The van der Waals surface area contributed by atoms with Gasteiger partial charge in [-0.25, -0.2) is 0 Å². The lowest BCUT2D eigenvalue weighted by atomic mass is 10.1. The molecule has 0 saturated heterocycles. The van der Waals surface area contributed by atoms with Crippen molar-refractivity contribution in [3.8, 4) is 5.75 Å². The Morgan fingerprint density at radius 3 is 2.62 bits per heavy atom. The fraction of sp³-hybridized carbons (Fsp3) is 0.462. The lowest BCUT2D eigenvalue weighted by molar-refractivity contribution is -0.386. The Morgan fingerprint density at radius 1 is 1.52 bits per heavy atom. The van der Waals surface area contributed by atoms with Crippen molar-refractivity contribution >= 4 is 27.5 Å². The molecule has 1 rings (SSSR count). The third-order valence-corrected chi connectivity index (χ3v) is 3.23. The number of aliphatic hydroxyl groups excluding tert-OH is 1. The van der Waals surface area contributed by atoms with Gasteiger partial charge < -0.3 is 14.7 Å². The minimum Gasteiger partial charge on any atom is -0.486 e. The first-order valence-corrected chi connectivity index (χ1v) is 7.02. The molecule has 0 aromatic heterocycles. The molecular weight excluding hydrogens is 344 g/mol. The van der Waals surface area contributed by atoms with Crippen LogP contribution >= 0.6 is 15.9 Å². The van der Waals surface area contributed by atoms with Crippen molar-refractivity contribution in [3.05, 3.63) is 32.3 Å². The first-order valence-electron chi connectivity index (χ1n) is 6.23. The third kappa shape index (κ3) is 4.68. The van der Waals surface area contributed by atoms with Crippen LogP contribution in [-0.4, -0.2) is 41.5 Å². The number of ether oxygens (including phenoxy) is 1. The van der Waals surface area contributed by atoms with Crippen LogP contribution in [-0.2, 0) is 4.79 Å². The van der Waals surface area contributed by atoms with Crippen molar-refractivity contribution in [2.45, 2.75) is 19.4 Å². The Labute approximate surface area is 130 Å². The molecule has 1 N–H and O–H groups in total. The van der Waals surface area contributed by atoms with E-state index in [1.165, 1.54) is 17.9 Å². The minimum absolute atomic E-state index is 0.000788. The van der Waals surface area contributed by atoms with E-state index < -0.39 is 11.0 Å². The van der Waals surface area contributed by atoms with Gasteiger partial charge in [0.15, 0.2) is 0 Å². The molecule has 1 aromatic rings. The van der Waals surface area contributed by atoms with Crippen LogP contribution in [0.1, 0.15) is 25.0 Å². The van der Waals surface area contributed by atoms with Crippen LogP contribution in [0.15, 0.2) is 16.6 Å². The second-order valence-electron chi connectivity index (χ2n) is 4.66. The Kier molecular flexibility index (Phi) is 6.10. The zero-order chi connectivity index (χ0) is 16.2. The number of halogens is 1. The summed E-state index contributed by atoms with van der Waals surface area (Å²) in [5.41, 5.74) is 0.0472. The number of benzene rings is 1. The minimum atomic E-state index is -0.930. The van der Waals surface area contributed by atoms with Gasteiger partial charge >= 0.3 is 5.69 Å². The highest BCUT2D eigenvalue weighted by atomic mass is 79.9. The van der Waals surface area contributed by atoms with Crippen molar-refractivity contribution in [3.63, 3.8) is 0 Å². The maximum Gasteiger partial charge on any atom is 0.312 e. The Hall–Kier alpha value is -1.67. The molecule has 116 valence electrons. The average molecular weight is 361 g/mol. The molecule has 0 bridgehead atoms. The molecule has 7 nitrogen and oxygen atoms in total. The van der Waals surface area contributed by atoms with Crippen molar-refractivity contribution in [2.24, 2.45) is 0 Å². The summed E-state index contributed by atoms with van der Waals surface area (Å²) in [4.78, 5) is 23.4. The maximum atomic E-state index is 11.5. The van der Waals surface area contributed by atoms with Crippen LogP contribution < -0.4 is 4.74 Å². The Balaban J connectivity index is 3.03. The predicted molar refractivity (Wildman–Crippen MR) is 80.2 cm³/mol. The number of nitro groups is 1. The average Bonchev–Trinajstić information content (AvgIpc) is 2.38. The molecule has 21 heavy (non-hydrogen) atoms. The topological polar surface area (TPSA) is 92.9 Å². The van der Waals surface area contributed by atoms with Crippen LogP contribution in [0.2, 0.25) is 0 Å². The smallest absolute Gasteiger partial charge is 0.312 e. The van der Waals surface area contributed by atoms with Gasteiger partial charge in [0.1, 0.15) is 0 Å². The second-order valence-corrected chi connectivity index (χ2v) is 5.58. The van der Waals surface area contributed by atoms with Crippen molar-refractivity contribution in [1.82, 2.24) is 4.90 Å². The van der Waals surface area contributed by atoms with Gasteiger partial charge in [-0.05, 0) is 13.0 Å². The number of nitro benzene ring substituents is 1. The first kappa shape index (κ1) is 17.4. The van der Waals surface area contributed by atoms with E-state index in [0.29, 0.717) is 10.0 Å². The van der Waals surface area contributed by atoms with Gasteiger partial charge in [0, 0.05) is 30.2 Å². The van der Waals surface area contributed by atoms with E-state index in [9.17, 15) is 20.0 Å². The van der Waals surface area contributed by atoms with Crippen LogP contribution in [0.5, 0.6) is 5.75 Å². The van der Waals surface area contributed by atoms with Gasteiger partial charge in [0.2, 0.25) is 11.7 Å². The standard InChI is InChI=1S/C13H17BrN2O5/c1-8(17)10-6-9(14)7-11(16(19)20)13(10)21-5-4-12(18)15(2)3/h6-8,17H,4-5H2,1-3H3. The zero-order valence-corrected chi connectivity index (χ0v) is 13.6. The molecule has 1 atom stereocenters. The van der Waals surface area contributed by atoms with E-state index in [2.05, 4.69) is 15.9 Å². The van der Waals surface area contributed by atoms with Gasteiger partial charge in [0.05, 0.1) is 24.1 Å². The summed E-state index contributed by atoms with van der Waals surface area (Å²) in [5.74, 6) is -0.155. The molecular formula is C13H17BrN2O5. The summed E-state index contributed by atoms with van der Waals surface area (Å²) in [6, 6.07) is 2.86. The summed E-state index contributed by atoms with van der Waals surface area (Å²) in [6.45, 7) is 1.49. The Morgan fingerprint density at radius 2 is 2.14 bits per heavy atom. The number of hydrogen-bond acceptors (Lipinski definition) is 5. The quantitative estimate of drug-likeness (QED) is 0.620. The third-order valence-electron chi connectivity index (χ3n) is 2.77. The van der Waals surface area contributed by atoms with Gasteiger partial charge in [0.25, 0.3) is 0 Å². The molecule has 0 aliphatic heterocycles. The lowest BCUT2D eigenvalue weighted by Crippen LogP contribution is -2.23.